The van der Waals surface area contributed by atoms with E-state index in [2.05, 4.69) is 4.72 Å². The van der Waals surface area contributed by atoms with Gasteiger partial charge >= 0.3 is 0 Å². The minimum atomic E-state index is -4.20. The number of nitrogens with zero attached hydrogens (tertiary/aromatic N) is 1. The highest BCUT2D eigenvalue weighted by Gasteiger charge is 2.28. The number of sulfonamides is 1. The van der Waals surface area contributed by atoms with Gasteiger partial charge in [-0.2, -0.15) is 0 Å². The molecule has 1 fully saturated rings. The molecule has 1 aromatic carbocycles. The minimum absolute atomic E-state index is 0.0222. The summed E-state index contributed by atoms with van der Waals surface area (Å²) in [4.78, 5) is 9.08. The molecule has 0 saturated heterocycles. The molecule has 0 aromatic heterocycles. The van der Waals surface area contributed by atoms with Crippen molar-refractivity contribution in [2.75, 3.05) is 6.54 Å². The summed E-state index contributed by atoms with van der Waals surface area (Å²) in [6, 6.07) is 2.33. The number of rotatable bonds is 5. The first kappa shape index (κ1) is 15.8. The lowest BCUT2D eigenvalue weighted by Crippen LogP contribution is -2.33. The van der Waals surface area contributed by atoms with Crippen molar-refractivity contribution in [2.24, 2.45) is 5.92 Å². The lowest BCUT2D eigenvalue weighted by atomic mass is 10.1. The number of benzene rings is 1. The molecule has 7 nitrogen and oxygen atoms in total. The lowest BCUT2D eigenvalue weighted by Gasteiger charge is -2.15. The van der Waals surface area contributed by atoms with Crippen molar-refractivity contribution in [3.63, 3.8) is 0 Å². The number of nitrogens with one attached hydrogen (secondary N) is 1. The van der Waals surface area contributed by atoms with E-state index in [1.54, 1.807) is 0 Å². The summed E-state index contributed by atoms with van der Waals surface area (Å²) in [5, 5.41) is 20.3. The highest BCUT2D eigenvalue weighted by Crippen LogP contribution is 2.26. The van der Waals surface area contributed by atoms with Crippen LogP contribution in [0.15, 0.2) is 23.1 Å². The van der Waals surface area contributed by atoms with Crippen LogP contribution in [0.5, 0.6) is 0 Å². The highest BCUT2D eigenvalue weighted by molar-refractivity contribution is 7.89. The van der Waals surface area contributed by atoms with E-state index >= 15 is 0 Å². The molecule has 116 valence electrons. The summed E-state index contributed by atoms with van der Waals surface area (Å²) in [6.45, 7) is -0.0222. The van der Waals surface area contributed by atoms with E-state index in [0.29, 0.717) is 18.9 Å². The van der Waals surface area contributed by atoms with Crippen molar-refractivity contribution in [3.05, 3.63) is 34.1 Å². The fourth-order valence-electron chi connectivity index (χ4n) is 2.36. The fourth-order valence-corrected chi connectivity index (χ4v) is 3.55. The third-order valence-electron chi connectivity index (χ3n) is 3.57. The van der Waals surface area contributed by atoms with Crippen molar-refractivity contribution in [3.8, 4) is 0 Å². The van der Waals surface area contributed by atoms with E-state index in [4.69, 9.17) is 0 Å². The first-order chi connectivity index (χ1) is 9.81. The number of aliphatic hydroxyl groups is 1. The van der Waals surface area contributed by atoms with Gasteiger partial charge in [0.1, 0.15) is 10.7 Å². The second-order valence-electron chi connectivity index (χ2n) is 4.98. The summed E-state index contributed by atoms with van der Waals surface area (Å²) < 4.78 is 39.9. The molecule has 1 aliphatic rings. The SMILES string of the molecule is O=[N+]([O-])c1ccc(F)c(S(=O)(=O)NCC2CCCC2O)c1. The third-order valence-corrected chi connectivity index (χ3v) is 5.01. The van der Waals surface area contributed by atoms with Gasteiger partial charge in [0.25, 0.3) is 5.69 Å². The van der Waals surface area contributed by atoms with Gasteiger partial charge in [0, 0.05) is 18.7 Å². The van der Waals surface area contributed by atoms with Gasteiger partial charge in [-0.15, -0.1) is 0 Å². The highest BCUT2D eigenvalue weighted by atomic mass is 32.2. The van der Waals surface area contributed by atoms with Crippen LogP contribution in [0.2, 0.25) is 0 Å². The molecule has 0 aliphatic heterocycles. The minimum Gasteiger partial charge on any atom is -0.393 e. The van der Waals surface area contributed by atoms with Crippen molar-refractivity contribution >= 4 is 15.7 Å². The molecule has 2 unspecified atom stereocenters. The maximum atomic E-state index is 13.6. The second kappa shape index (κ2) is 6.04. The Hall–Kier alpha value is -1.58. The summed E-state index contributed by atoms with van der Waals surface area (Å²) in [6.07, 6.45) is 1.51. The van der Waals surface area contributed by atoms with Crippen LogP contribution in [0.25, 0.3) is 0 Å². The smallest absolute Gasteiger partial charge is 0.270 e. The normalized spacial score (nSPS) is 22.4. The Bertz CT molecular complexity index is 649. The molecule has 9 heteroatoms. The first-order valence-electron chi connectivity index (χ1n) is 6.43. The Morgan fingerprint density at radius 3 is 2.71 bits per heavy atom. The molecular formula is C12H15FN2O5S. The molecule has 0 spiro atoms. The average molecular weight is 318 g/mol. The Morgan fingerprint density at radius 1 is 1.43 bits per heavy atom. The van der Waals surface area contributed by atoms with Gasteiger partial charge in [-0.05, 0) is 24.8 Å². The molecule has 2 rings (SSSR count). The number of aliphatic hydroxyl groups excluding tert-OH is 1. The molecule has 0 radical (unpaired) electrons. The second-order valence-corrected chi connectivity index (χ2v) is 6.72. The van der Waals surface area contributed by atoms with E-state index in [9.17, 15) is 28.0 Å². The van der Waals surface area contributed by atoms with E-state index in [1.165, 1.54) is 0 Å². The topological polar surface area (TPSA) is 110 Å². The van der Waals surface area contributed by atoms with Crippen LogP contribution >= 0.6 is 0 Å². The van der Waals surface area contributed by atoms with Gasteiger partial charge < -0.3 is 5.11 Å². The fraction of sp³-hybridized carbons (Fsp3) is 0.500. The van der Waals surface area contributed by atoms with Gasteiger partial charge in [-0.1, -0.05) is 6.42 Å². The predicted octanol–water partition coefficient (Wildman–Crippen LogP) is 1.17. The van der Waals surface area contributed by atoms with Crippen molar-refractivity contribution < 1.29 is 22.8 Å². The van der Waals surface area contributed by atoms with Crippen LogP contribution in [0.4, 0.5) is 10.1 Å². The van der Waals surface area contributed by atoms with E-state index in [0.717, 1.165) is 18.6 Å². The van der Waals surface area contributed by atoms with Crippen LogP contribution in [0.1, 0.15) is 19.3 Å². The predicted molar refractivity (Wildman–Crippen MR) is 71.6 cm³/mol. The molecule has 0 heterocycles. The molecule has 21 heavy (non-hydrogen) atoms. The third kappa shape index (κ3) is 3.55. The number of non-ortho nitro benzene ring substituents is 1. The number of hydrogen-bond donors (Lipinski definition) is 2. The first-order valence-corrected chi connectivity index (χ1v) is 7.91. The van der Waals surface area contributed by atoms with Crippen molar-refractivity contribution in [2.45, 2.75) is 30.3 Å². The Kier molecular flexibility index (Phi) is 4.55. The quantitative estimate of drug-likeness (QED) is 0.625. The molecule has 0 bridgehead atoms. The zero-order valence-electron chi connectivity index (χ0n) is 11.0. The molecular weight excluding hydrogens is 303 g/mol. The molecule has 2 N–H and O–H groups in total. The van der Waals surface area contributed by atoms with Crippen LogP contribution < -0.4 is 4.72 Å². The molecule has 1 aromatic rings. The monoisotopic (exact) mass is 318 g/mol. The standard InChI is InChI=1S/C12H15FN2O5S/c13-10-5-4-9(15(17)18)6-12(10)21(19,20)14-7-8-2-1-3-11(8)16/h4-6,8,11,14,16H,1-3,7H2. The maximum absolute atomic E-state index is 13.6. The number of nitro benzene ring substituents is 1. The number of hydrogen-bond acceptors (Lipinski definition) is 5. The molecule has 2 atom stereocenters. The summed E-state index contributed by atoms with van der Waals surface area (Å²) in [5.74, 6) is -1.28. The zero-order chi connectivity index (χ0) is 15.6. The van der Waals surface area contributed by atoms with E-state index < -0.39 is 37.5 Å². The van der Waals surface area contributed by atoms with Crippen LogP contribution in [0.3, 0.4) is 0 Å². The molecule has 1 aliphatic carbocycles. The Morgan fingerprint density at radius 2 is 2.14 bits per heavy atom. The van der Waals surface area contributed by atoms with Crippen LogP contribution in [-0.4, -0.2) is 31.1 Å². The number of halogens is 1. The van der Waals surface area contributed by atoms with Crippen LogP contribution in [-0.2, 0) is 10.0 Å². The summed E-state index contributed by atoms with van der Waals surface area (Å²) in [7, 11) is -4.20. The van der Waals surface area contributed by atoms with E-state index in [-0.39, 0.29) is 12.5 Å². The maximum Gasteiger partial charge on any atom is 0.270 e. The van der Waals surface area contributed by atoms with Gasteiger partial charge in [0.15, 0.2) is 0 Å². The van der Waals surface area contributed by atoms with Crippen molar-refractivity contribution in [1.29, 1.82) is 0 Å². The zero-order valence-corrected chi connectivity index (χ0v) is 11.8. The van der Waals surface area contributed by atoms with E-state index in [1.807, 2.05) is 0 Å². The van der Waals surface area contributed by atoms with Gasteiger partial charge in [-0.3, -0.25) is 10.1 Å². The van der Waals surface area contributed by atoms with Gasteiger partial charge in [0.2, 0.25) is 10.0 Å². The largest absolute Gasteiger partial charge is 0.393 e. The molecule has 0 amide bonds. The Balaban J connectivity index is 2.19. The average Bonchev–Trinajstić information content (AvgIpc) is 2.82. The van der Waals surface area contributed by atoms with Crippen molar-refractivity contribution in [1.82, 2.24) is 4.72 Å². The van der Waals surface area contributed by atoms with Crippen LogP contribution in [0, 0.1) is 21.8 Å². The van der Waals surface area contributed by atoms with Gasteiger partial charge in [-0.25, -0.2) is 17.5 Å². The lowest BCUT2D eigenvalue weighted by molar-refractivity contribution is -0.385. The molecule has 1 saturated carbocycles. The summed E-state index contributed by atoms with van der Waals surface area (Å²) >= 11 is 0. The summed E-state index contributed by atoms with van der Waals surface area (Å²) in [5.41, 5.74) is -0.502. The number of nitro groups is 1. The van der Waals surface area contributed by atoms with Gasteiger partial charge in [0.05, 0.1) is 11.0 Å². The Labute approximate surface area is 121 Å².